The molecule has 9 heteroatoms. The van der Waals surface area contributed by atoms with Crippen molar-refractivity contribution >= 4 is 28.6 Å². The zero-order valence-corrected chi connectivity index (χ0v) is 20.1. The number of imidazole rings is 1. The molecule has 1 aromatic carbocycles. The van der Waals surface area contributed by atoms with Crippen LogP contribution in [-0.2, 0) is 23.2 Å². The number of aryl methyl sites for hydroxylation is 2. The molecule has 0 atom stereocenters. The first-order valence-electron chi connectivity index (χ1n) is 11.9. The van der Waals surface area contributed by atoms with Crippen LogP contribution in [0.2, 0.25) is 0 Å². The SMILES string of the molecule is Cc1cncc(-c2nc(NCCc3ccc4c(c3)CCC(=O)N4)c3nc4n(c3n2)C(C)(C)CO4)c1. The van der Waals surface area contributed by atoms with Crippen LogP contribution in [0.1, 0.15) is 37.0 Å². The van der Waals surface area contributed by atoms with Crippen molar-refractivity contribution in [1.29, 1.82) is 0 Å². The summed E-state index contributed by atoms with van der Waals surface area (Å²) in [7, 11) is 0. The van der Waals surface area contributed by atoms with Crippen molar-refractivity contribution in [2.75, 3.05) is 23.8 Å². The van der Waals surface area contributed by atoms with E-state index in [1.54, 1.807) is 6.20 Å². The fraction of sp³-hybridized carbons (Fsp3) is 0.346. The van der Waals surface area contributed by atoms with Gasteiger partial charge in [0.2, 0.25) is 5.91 Å². The predicted octanol–water partition coefficient (Wildman–Crippen LogP) is 3.86. The van der Waals surface area contributed by atoms with Gasteiger partial charge in [-0.3, -0.25) is 14.3 Å². The second-order valence-corrected chi connectivity index (χ2v) is 9.87. The molecule has 5 heterocycles. The number of aromatic nitrogens is 5. The molecule has 2 aliphatic rings. The zero-order chi connectivity index (χ0) is 24.2. The van der Waals surface area contributed by atoms with Crippen molar-refractivity contribution in [3.63, 3.8) is 0 Å². The molecule has 0 saturated heterocycles. The highest BCUT2D eigenvalue weighted by molar-refractivity contribution is 5.94. The maximum atomic E-state index is 11.6. The van der Waals surface area contributed by atoms with Gasteiger partial charge in [-0.2, -0.15) is 4.98 Å². The molecule has 0 unspecified atom stereocenters. The van der Waals surface area contributed by atoms with E-state index in [0.29, 0.717) is 42.7 Å². The van der Waals surface area contributed by atoms with Crippen LogP contribution in [0.4, 0.5) is 11.5 Å². The van der Waals surface area contributed by atoms with Crippen molar-refractivity contribution < 1.29 is 9.53 Å². The number of nitrogens with zero attached hydrogens (tertiary/aromatic N) is 5. The van der Waals surface area contributed by atoms with E-state index in [1.165, 1.54) is 11.1 Å². The maximum Gasteiger partial charge on any atom is 0.299 e. The zero-order valence-electron chi connectivity index (χ0n) is 20.1. The maximum absolute atomic E-state index is 11.6. The van der Waals surface area contributed by atoms with E-state index in [9.17, 15) is 4.79 Å². The van der Waals surface area contributed by atoms with Crippen LogP contribution in [0, 0.1) is 6.92 Å². The number of hydrogen-bond donors (Lipinski definition) is 2. The first kappa shape index (κ1) is 21.5. The molecule has 0 radical (unpaired) electrons. The van der Waals surface area contributed by atoms with Crippen molar-refractivity contribution in [2.45, 2.75) is 45.6 Å². The van der Waals surface area contributed by atoms with Gasteiger partial charge in [0.25, 0.3) is 6.01 Å². The summed E-state index contributed by atoms with van der Waals surface area (Å²) in [6.45, 7) is 7.47. The lowest BCUT2D eigenvalue weighted by Gasteiger charge is -2.18. The van der Waals surface area contributed by atoms with Crippen molar-refractivity contribution in [3.8, 4) is 17.4 Å². The van der Waals surface area contributed by atoms with Gasteiger partial charge in [-0.05, 0) is 62.4 Å². The van der Waals surface area contributed by atoms with Crippen LogP contribution >= 0.6 is 0 Å². The van der Waals surface area contributed by atoms with Crippen LogP contribution in [0.3, 0.4) is 0 Å². The molecule has 0 spiro atoms. The molecular formula is C26H27N7O2. The molecule has 1 amide bonds. The van der Waals surface area contributed by atoms with E-state index < -0.39 is 0 Å². The summed E-state index contributed by atoms with van der Waals surface area (Å²) < 4.78 is 7.92. The summed E-state index contributed by atoms with van der Waals surface area (Å²) in [5.41, 5.74) is 6.41. The molecule has 3 aromatic heterocycles. The lowest BCUT2D eigenvalue weighted by atomic mass is 9.99. The summed E-state index contributed by atoms with van der Waals surface area (Å²) in [6.07, 6.45) is 5.72. The normalized spacial score (nSPS) is 15.9. The van der Waals surface area contributed by atoms with Crippen LogP contribution in [0.25, 0.3) is 22.6 Å². The average Bonchev–Trinajstić information content (AvgIpc) is 3.36. The van der Waals surface area contributed by atoms with E-state index in [2.05, 4.69) is 46.2 Å². The standard InChI is InChI=1S/C26H27N7O2/c1-15-10-18(13-27-12-15)22-31-23(21-24(32-22)33-25(30-21)35-14-26(33,2)3)28-9-8-16-4-6-19-17(11-16)5-7-20(34)29-19/h4,6,10-13H,5,7-9,14H2,1-3H3,(H,29,34)(H,28,31,32). The number of carbonyl (C=O) groups is 1. The summed E-state index contributed by atoms with van der Waals surface area (Å²) in [6, 6.07) is 8.84. The van der Waals surface area contributed by atoms with Crippen LogP contribution < -0.4 is 15.4 Å². The first-order valence-corrected chi connectivity index (χ1v) is 11.9. The second-order valence-electron chi connectivity index (χ2n) is 9.87. The Bertz CT molecular complexity index is 1470. The average molecular weight is 470 g/mol. The number of hydrogen-bond acceptors (Lipinski definition) is 7. The smallest absolute Gasteiger partial charge is 0.299 e. The summed E-state index contributed by atoms with van der Waals surface area (Å²) in [4.78, 5) is 30.4. The van der Waals surface area contributed by atoms with Gasteiger partial charge in [-0.1, -0.05) is 12.1 Å². The third-order valence-electron chi connectivity index (χ3n) is 6.54. The van der Waals surface area contributed by atoms with Gasteiger partial charge < -0.3 is 15.4 Å². The van der Waals surface area contributed by atoms with Gasteiger partial charge in [-0.25, -0.2) is 9.97 Å². The highest BCUT2D eigenvalue weighted by Gasteiger charge is 2.36. The van der Waals surface area contributed by atoms with Crippen molar-refractivity contribution in [2.24, 2.45) is 0 Å². The fourth-order valence-electron chi connectivity index (χ4n) is 4.73. The van der Waals surface area contributed by atoms with Gasteiger partial charge in [-0.15, -0.1) is 0 Å². The van der Waals surface area contributed by atoms with E-state index in [0.717, 1.165) is 35.3 Å². The summed E-state index contributed by atoms with van der Waals surface area (Å²) in [5.74, 6) is 1.36. The Morgan fingerprint density at radius 1 is 1.14 bits per heavy atom. The highest BCUT2D eigenvalue weighted by Crippen LogP contribution is 2.37. The minimum atomic E-state index is -0.254. The Morgan fingerprint density at radius 3 is 2.89 bits per heavy atom. The number of fused-ring (bicyclic) bond motifs is 4. The van der Waals surface area contributed by atoms with Gasteiger partial charge in [0.15, 0.2) is 22.8 Å². The molecule has 0 saturated carbocycles. The number of carbonyl (C=O) groups excluding carboxylic acids is 1. The Labute approximate surface area is 203 Å². The Hall–Kier alpha value is -4.01. The third kappa shape index (κ3) is 3.86. The molecular weight excluding hydrogens is 442 g/mol. The minimum Gasteiger partial charge on any atom is -0.462 e. The topological polar surface area (TPSA) is 107 Å². The van der Waals surface area contributed by atoms with Crippen LogP contribution in [0.5, 0.6) is 6.01 Å². The number of nitrogens with one attached hydrogen (secondary N) is 2. The number of amides is 1. The van der Waals surface area contributed by atoms with E-state index in [-0.39, 0.29) is 11.4 Å². The van der Waals surface area contributed by atoms with Gasteiger partial charge in [0, 0.05) is 36.6 Å². The molecule has 178 valence electrons. The van der Waals surface area contributed by atoms with E-state index >= 15 is 0 Å². The lowest BCUT2D eigenvalue weighted by Crippen LogP contribution is -2.26. The highest BCUT2D eigenvalue weighted by atomic mass is 16.5. The lowest BCUT2D eigenvalue weighted by molar-refractivity contribution is -0.116. The molecule has 9 nitrogen and oxygen atoms in total. The minimum absolute atomic E-state index is 0.0819. The molecule has 0 bridgehead atoms. The number of pyridine rings is 1. The van der Waals surface area contributed by atoms with Gasteiger partial charge >= 0.3 is 0 Å². The number of anilines is 2. The molecule has 35 heavy (non-hydrogen) atoms. The van der Waals surface area contributed by atoms with E-state index in [4.69, 9.17) is 19.7 Å². The molecule has 0 fully saturated rings. The first-order chi connectivity index (χ1) is 16.9. The Balaban J connectivity index is 1.33. The third-order valence-corrected chi connectivity index (χ3v) is 6.54. The van der Waals surface area contributed by atoms with Crippen molar-refractivity contribution in [3.05, 3.63) is 53.3 Å². The molecule has 2 aliphatic heterocycles. The molecule has 6 rings (SSSR count). The van der Waals surface area contributed by atoms with Crippen LogP contribution in [0.15, 0.2) is 36.7 Å². The largest absolute Gasteiger partial charge is 0.462 e. The summed E-state index contributed by atoms with van der Waals surface area (Å²) in [5, 5.41) is 6.43. The summed E-state index contributed by atoms with van der Waals surface area (Å²) >= 11 is 0. The molecule has 2 N–H and O–H groups in total. The fourth-order valence-corrected chi connectivity index (χ4v) is 4.73. The number of rotatable bonds is 5. The molecule has 4 aromatic rings. The predicted molar refractivity (Wildman–Crippen MR) is 134 cm³/mol. The Morgan fingerprint density at radius 2 is 2.03 bits per heavy atom. The monoisotopic (exact) mass is 469 g/mol. The number of benzene rings is 1. The van der Waals surface area contributed by atoms with Gasteiger partial charge in [0.05, 0.1) is 5.54 Å². The second kappa shape index (κ2) is 8.04. The van der Waals surface area contributed by atoms with Crippen LogP contribution in [-0.4, -0.2) is 43.6 Å². The van der Waals surface area contributed by atoms with Gasteiger partial charge in [0.1, 0.15) is 6.61 Å². The molecule has 0 aliphatic carbocycles. The number of ether oxygens (including phenoxy) is 1. The van der Waals surface area contributed by atoms with E-state index in [1.807, 2.05) is 25.3 Å². The Kier molecular flexibility index (Phi) is 4.94. The van der Waals surface area contributed by atoms with Crippen molar-refractivity contribution in [1.82, 2.24) is 24.5 Å². The quantitative estimate of drug-likeness (QED) is 0.457.